The summed E-state index contributed by atoms with van der Waals surface area (Å²) >= 11 is 5.97. The predicted octanol–water partition coefficient (Wildman–Crippen LogP) is 4.99. The fraction of sp³-hybridized carbons (Fsp3) is 0.562. The van der Waals surface area contributed by atoms with Crippen LogP contribution in [0.1, 0.15) is 64.2 Å². The topological polar surface area (TPSA) is 138 Å². The number of aliphatic hydroxyl groups excluding tert-OH is 1. The van der Waals surface area contributed by atoms with E-state index in [2.05, 4.69) is 10.6 Å². The summed E-state index contributed by atoms with van der Waals surface area (Å²) in [7, 11) is -2.33. The molecule has 250 valence electrons. The fourth-order valence-corrected chi connectivity index (χ4v) is 6.34. The average Bonchev–Trinajstić information content (AvgIpc) is 2.98. The van der Waals surface area contributed by atoms with E-state index in [1.54, 1.807) is 30.0 Å². The SMILES string of the molecule is CC(C)NC(=O)Nc1ccc2c(c1)C(=O)N([C@H](C)CO)C[C@H](C)[C@@H](CN(C)S(=O)(=O)c1ccc(Cl)cc1)OCCCC[C@H](C)O2. The molecule has 2 aromatic rings. The zero-order chi connectivity index (χ0) is 33.3. The lowest BCUT2D eigenvalue weighted by Crippen LogP contribution is -2.48. The van der Waals surface area contributed by atoms with Crippen LogP contribution in [0.3, 0.4) is 0 Å². The van der Waals surface area contributed by atoms with E-state index in [-0.39, 0.29) is 48.2 Å². The first kappa shape index (κ1) is 36.6. The minimum atomic E-state index is -3.84. The maximum atomic E-state index is 14.2. The zero-order valence-corrected chi connectivity index (χ0v) is 28.5. The molecule has 3 rings (SSSR count). The molecule has 3 N–H and O–H groups in total. The van der Waals surface area contributed by atoms with Crippen molar-refractivity contribution in [3.05, 3.63) is 53.1 Å². The first-order valence-electron chi connectivity index (χ1n) is 15.4. The number of nitrogens with zero attached hydrogens (tertiary/aromatic N) is 2. The van der Waals surface area contributed by atoms with Crippen molar-refractivity contribution in [2.45, 2.75) is 83.1 Å². The number of fused-ring (bicyclic) bond motifs is 1. The van der Waals surface area contributed by atoms with Gasteiger partial charge in [0.15, 0.2) is 0 Å². The molecule has 0 radical (unpaired) electrons. The van der Waals surface area contributed by atoms with E-state index in [0.717, 1.165) is 12.8 Å². The van der Waals surface area contributed by atoms with E-state index in [1.165, 1.54) is 35.6 Å². The number of urea groups is 1. The summed E-state index contributed by atoms with van der Waals surface area (Å²) in [5, 5.41) is 16.1. The molecule has 1 heterocycles. The lowest BCUT2D eigenvalue weighted by atomic mass is 10.0. The Morgan fingerprint density at radius 3 is 2.47 bits per heavy atom. The summed E-state index contributed by atoms with van der Waals surface area (Å²) in [5.74, 6) is -0.338. The number of anilines is 1. The molecule has 0 unspecified atom stereocenters. The molecule has 0 saturated heterocycles. The number of carbonyl (C=O) groups is 2. The third-order valence-corrected chi connectivity index (χ3v) is 9.78. The number of sulfonamides is 1. The van der Waals surface area contributed by atoms with Crippen LogP contribution >= 0.6 is 11.6 Å². The molecule has 45 heavy (non-hydrogen) atoms. The van der Waals surface area contributed by atoms with E-state index in [4.69, 9.17) is 21.1 Å². The lowest BCUT2D eigenvalue weighted by Gasteiger charge is -2.35. The molecule has 1 aliphatic heterocycles. The molecular formula is C32H47ClN4O7S. The highest BCUT2D eigenvalue weighted by molar-refractivity contribution is 7.89. The highest BCUT2D eigenvalue weighted by atomic mass is 35.5. The molecule has 0 spiro atoms. The number of halogens is 1. The Morgan fingerprint density at radius 1 is 1.13 bits per heavy atom. The van der Waals surface area contributed by atoms with Gasteiger partial charge in [-0.25, -0.2) is 13.2 Å². The number of benzene rings is 2. The Hall–Kier alpha value is -2.90. The lowest BCUT2D eigenvalue weighted by molar-refractivity contribution is -0.00833. The Bertz CT molecular complexity index is 1390. The largest absolute Gasteiger partial charge is 0.490 e. The van der Waals surface area contributed by atoms with Gasteiger partial charge in [-0.1, -0.05) is 18.5 Å². The summed E-state index contributed by atoms with van der Waals surface area (Å²) < 4.78 is 40.5. The monoisotopic (exact) mass is 666 g/mol. The second-order valence-corrected chi connectivity index (χ2v) is 14.5. The summed E-state index contributed by atoms with van der Waals surface area (Å²) in [5.41, 5.74) is 0.658. The van der Waals surface area contributed by atoms with Crippen LogP contribution in [0.25, 0.3) is 0 Å². The number of carbonyl (C=O) groups excluding carboxylic acids is 2. The van der Waals surface area contributed by atoms with Crippen LogP contribution in [-0.2, 0) is 14.8 Å². The Morgan fingerprint density at radius 2 is 1.82 bits per heavy atom. The minimum absolute atomic E-state index is 0.0524. The van der Waals surface area contributed by atoms with Crippen molar-refractivity contribution in [1.82, 2.24) is 14.5 Å². The Labute approximate surface area is 272 Å². The zero-order valence-electron chi connectivity index (χ0n) is 27.0. The number of aliphatic hydroxyl groups is 1. The first-order chi connectivity index (χ1) is 21.2. The molecule has 0 fully saturated rings. The van der Waals surface area contributed by atoms with Gasteiger partial charge in [0.25, 0.3) is 5.91 Å². The van der Waals surface area contributed by atoms with Gasteiger partial charge in [-0.05, 0) is 89.4 Å². The number of rotatable bonds is 8. The van der Waals surface area contributed by atoms with Crippen LogP contribution in [0.4, 0.5) is 10.5 Å². The fourth-order valence-electron chi connectivity index (χ4n) is 5.03. The molecule has 13 heteroatoms. The Balaban J connectivity index is 1.96. The molecule has 0 aliphatic carbocycles. The first-order valence-corrected chi connectivity index (χ1v) is 17.2. The third-order valence-electron chi connectivity index (χ3n) is 7.69. The van der Waals surface area contributed by atoms with Crippen LogP contribution < -0.4 is 15.4 Å². The quantitative estimate of drug-likeness (QED) is 0.361. The number of likely N-dealkylation sites (N-methyl/N-ethyl adjacent to an activating group) is 1. The van der Waals surface area contributed by atoms with Crippen molar-refractivity contribution in [3.63, 3.8) is 0 Å². The molecule has 4 atom stereocenters. The van der Waals surface area contributed by atoms with Gasteiger partial charge < -0.3 is 30.1 Å². The van der Waals surface area contributed by atoms with Crippen LogP contribution in [0.5, 0.6) is 5.75 Å². The summed E-state index contributed by atoms with van der Waals surface area (Å²) in [6.07, 6.45) is 1.47. The molecule has 0 bridgehead atoms. The van der Waals surface area contributed by atoms with Crippen molar-refractivity contribution < 1.29 is 32.6 Å². The number of nitrogens with one attached hydrogen (secondary N) is 2. The van der Waals surface area contributed by atoms with Crippen LogP contribution in [0.2, 0.25) is 5.02 Å². The van der Waals surface area contributed by atoms with Gasteiger partial charge in [0.2, 0.25) is 10.0 Å². The number of hydrogen-bond donors (Lipinski definition) is 3. The van der Waals surface area contributed by atoms with Crippen molar-refractivity contribution in [1.29, 1.82) is 0 Å². The van der Waals surface area contributed by atoms with Gasteiger partial charge in [0.1, 0.15) is 5.75 Å². The molecule has 11 nitrogen and oxygen atoms in total. The normalized spacial score (nSPS) is 21.1. The average molecular weight is 667 g/mol. The highest BCUT2D eigenvalue weighted by Gasteiger charge is 2.32. The molecule has 0 aromatic heterocycles. The summed E-state index contributed by atoms with van der Waals surface area (Å²) in [6.45, 7) is 9.59. The summed E-state index contributed by atoms with van der Waals surface area (Å²) in [4.78, 5) is 28.3. The standard InChI is InChI=1S/C32H47ClN4O7S/c1-21(2)34-32(40)35-26-12-15-29-28(17-26)31(39)37(23(4)20-38)18-22(3)30(43-16-8-7-9-24(5)44-29)19-36(6)45(41,42)27-13-10-25(33)11-14-27/h10-15,17,21-24,30,38H,7-9,16,18-20H2,1-6H3,(H2,34,35,40)/t22-,23+,24-,30+/m0/s1. The van der Waals surface area contributed by atoms with E-state index < -0.39 is 34.1 Å². The van der Waals surface area contributed by atoms with Crippen molar-refractivity contribution >= 4 is 39.2 Å². The van der Waals surface area contributed by atoms with Gasteiger partial charge in [-0.2, -0.15) is 4.31 Å². The summed E-state index contributed by atoms with van der Waals surface area (Å²) in [6, 6.07) is 9.88. The van der Waals surface area contributed by atoms with E-state index >= 15 is 0 Å². The van der Waals surface area contributed by atoms with Crippen LogP contribution in [0, 0.1) is 5.92 Å². The Kier molecular flexibility index (Phi) is 13.5. The number of hydrogen-bond acceptors (Lipinski definition) is 7. The molecule has 0 saturated carbocycles. The second kappa shape index (κ2) is 16.6. The third kappa shape index (κ3) is 10.3. The van der Waals surface area contributed by atoms with Gasteiger partial charge in [0, 0.05) is 49.4 Å². The smallest absolute Gasteiger partial charge is 0.319 e. The van der Waals surface area contributed by atoms with Gasteiger partial charge >= 0.3 is 6.03 Å². The van der Waals surface area contributed by atoms with Gasteiger partial charge in [0.05, 0.1) is 35.3 Å². The van der Waals surface area contributed by atoms with Crippen molar-refractivity contribution in [2.24, 2.45) is 5.92 Å². The van der Waals surface area contributed by atoms with Crippen LogP contribution in [0.15, 0.2) is 47.4 Å². The molecule has 2 aromatic carbocycles. The molecule has 3 amide bonds. The molecular weight excluding hydrogens is 620 g/mol. The van der Waals surface area contributed by atoms with Crippen molar-refractivity contribution in [2.75, 3.05) is 38.7 Å². The van der Waals surface area contributed by atoms with Gasteiger partial charge in [-0.15, -0.1) is 0 Å². The maximum absolute atomic E-state index is 14.2. The number of amides is 3. The maximum Gasteiger partial charge on any atom is 0.319 e. The van der Waals surface area contributed by atoms with Crippen molar-refractivity contribution in [3.8, 4) is 5.75 Å². The van der Waals surface area contributed by atoms with E-state index in [0.29, 0.717) is 29.5 Å². The minimum Gasteiger partial charge on any atom is -0.490 e. The van der Waals surface area contributed by atoms with E-state index in [1.807, 2.05) is 27.7 Å². The highest BCUT2D eigenvalue weighted by Crippen LogP contribution is 2.29. The van der Waals surface area contributed by atoms with E-state index in [9.17, 15) is 23.1 Å². The molecule has 1 aliphatic rings. The van der Waals surface area contributed by atoms with Gasteiger partial charge in [-0.3, -0.25) is 4.79 Å². The van der Waals surface area contributed by atoms with Crippen LogP contribution in [-0.4, -0.2) is 92.3 Å². The predicted molar refractivity (Wildman–Crippen MR) is 175 cm³/mol. The second-order valence-electron chi connectivity index (χ2n) is 12.0. The number of ether oxygens (including phenoxy) is 2.